The molecular formula is C25H19Cl2F2N5O6S2. The molecule has 0 saturated heterocycles. The zero-order valence-corrected chi connectivity index (χ0v) is 24.2. The highest BCUT2D eigenvalue weighted by Gasteiger charge is 2.31. The van der Waals surface area contributed by atoms with Crippen LogP contribution in [0, 0.1) is 0 Å². The number of hydrogen-bond acceptors (Lipinski definition) is 10. The summed E-state index contributed by atoms with van der Waals surface area (Å²) < 4.78 is 78.9. The molecule has 0 unspecified atom stereocenters. The maximum absolute atomic E-state index is 13.8. The average molecular weight is 658 g/mol. The Kier molecular flexibility index (Phi) is 8.87. The number of hydrogen-bond donors (Lipinski definition) is 3. The number of nitrogens with zero attached hydrogens (tertiary/aromatic N) is 2. The minimum atomic E-state index is -5.77. The van der Waals surface area contributed by atoms with Gasteiger partial charge in [-0.15, -0.1) is 7.77 Å². The number of nitrogens with two attached hydrogens (primary N) is 2. The van der Waals surface area contributed by atoms with Crippen LogP contribution >= 0.6 is 23.2 Å². The monoisotopic (exact) mass is 657 g/mol. The molecule has 5 N–H and O–H groups in total. The van der Waals surface area contributed by atoms with Crippen LogP contribution in [0.15, 0.2) is 70.5 Å². The number of nitrogen functional groups attached to an aromatic ring is 2. The maximum Gasteiger partial charge on any atom is 0.334 e. The minimum Gasteiger partial charge on any atom is -0.487 e. The van der Waals surface area contributed by atoms with Crippen LogP contribution in [0.3, 0.4) is 0 Å². The largest absolute Gasteiger partial charge is 0.487 e. The lowest BCUT2D eigenvalue weighted by molar-refractivity contribution is 0.0947. The van der Waals surface area contributed by atoms with E-state index in [1.165, 1.54) is 0 Å². The van der Waals surface area contributed by atoms with Gasteiger partial charge in [-0.1, -0.05) is 47.5 Å². The fourth-order valence-corrected chi connectivity index (χ4v) is 6.09. The number of carbonyl (C=O) groups is 1. The summed E-state index contributed by atoms with van der Waals surface area (Å²) >= 11 is 12.1. The van der Waals surface area contributed by atoms with Crippen LogP contribution in [-0.2, 0) is 33.6 Å². The molecule has 0 bridgehead atoms. The van der Waals surface area contributed by atoms with Crippen LogP contribution in [0.5, 0.6) is 5.75 Å². The van der Waals surface area contributed by atoms with E-state index in [-0.39, 0.29) is 24.9 Å². The van der Waals surface area contributed by atoms with E-state index in [0.29, 0.717) is 44.2 Å². The number of ether oxygens (including phenoxy) is 1. The summed E-state index contributed by atoms with van der Waals surface area (Å²) in [6.45, 7) is -0.255. The normalized spacial score (nSPS) is 11.7. The van der Waals surface area contributed by atoms with Crippen molar-refractivity contribution < 1.29 is 34.1 Å². The fraction of sp³-hybridized carbons (Fsp3) is 0.0800. The van der Waals surface area contributed by atoms with Crippen LogP contribution in [-0.4, -0.2) is 32.7 Å². The van der Waals surface area contributed by atoms with E-state index < -0.39 is 41.7 Å². The topological polar surface area (TPSA) is 184 Å². The van der Waals surface area contributed by atoms with Gasteiger partial charge in [0.1, 0.15) is 28.0 Å². The van der Waals surface area contributed by atoms with Gasteiger partial charge in [0.05, 0.1) is 21.3 Å². The van der Waals surface area contributed by atoms with Crippen molar-refractivity contribution in [3.8, 4) is 16.9 Å². The van der Waals surface area contributed by atoms with E-state index in [0.717, 1.165) is 12.1 Å². The molecule has 1 heterocycles. The molecule has 0 radical (unpaired) electrons. The second kappa shape index (κ2) is 12.1. The molecular weight excluding hydrogens is 639 g/mol. The number of aromatic nitrogens is 2. The molecule has 0 aliphatic heterocycles. The number of halogens is 4. The molecule has 4 rings (SSSR count). The first-order valence-electron chi connectivity index (χ1n) is 11.5. The van der Waals surface area contributed by atoms with Gasteiger partial charge in [0, 0.05) is 12.1 Å². The Balaban J connectivity index is 1.48. The first-order valence-corrected chi connectivity index (χ1v) is 15.1. The van der Waals surface area contributed by atoms with Gasteiger partial charge < -0.3 is 21.5 Å². The fourth-order valence-electron chi connectivity index (χ4n) is 3.89. The van der Waals surface area contributed by atoms with Gasteiger partial charge in [-0.25, -0.2) is 4.98 Å². The summed E-state index contributed by atoms with van der Waals surface area (Å²) in [5.41, 5.74) is 12.9. The zero-order chi connectivity index (χ0) is 30.8. The van der Waals surface area contributed by atoms with Gasteiger partial charge in [-0.2, -0.15) is 21.8 Å². The van der Waals surface area contributed by atoms with Crippen LogP contribution in [0.2, 0.25) is 10.0 Å². The van der Waals surface area contributed by atoms with Crippen molar-refractivity contribution in [1.29, 1.82) is 0 Å². The third-order valence-electron chi connectivity index (χ3n) is 5.72. The molecule has 1 amide bonds. The van der Waals surface area contributed by atoms with Crippen LogP contribution < -0.4 is 21.5 Å². The summed E-state index contributed by atoms with van der Waals surface area (Å²) in [5, 5.41) is 2.98. The SMILES string of the molecule is Nc1nc(N)c(-c2ccc(Cl)c(Cl)c2)c(COc2ccc(CNC(=O)c3cccc(S(=O)(=O)F)c3S(=O)(=O)F)cc2)n1. The van der Waals surface area contributed by atoms with Gasteiger partial charge in [0.15, 0.2) is 0 Å². The predicted octanol–water partition coefficient (Wildman–Crippen LogP) is 4.44. The summed E-state index contributed by atoms with van der Waals surface area (Å²) in [6.07, 6.45) is 0. The van der Waals surface area contributed by atoms with E-state index >= 15 is 0 Å². The molecule has 42 heavy (non-hydrogen) atoms. The molecule has 0 spiro atoms. The Hall–Kier alpha value is -4.05. The van der Waals surface area contributed by atoms with E-state index in [1.54, 1.807) is 42.5 Å². The van der Waals surface area contributed by atoms with Crippen LogP contribution in [0.1, 0.15) is 21.6 Å². The van der Waals surface area contributed by atoms with Gasteiger partial charge in [0.2, 0.25) is 5.95 Å². The van der Waals surface area contributed by atoms with Crippen molar-refractivity contribution in [3.05, 3.63) is 87.5 Å². The van der Waals surface area contributed by atoms with Crippen molar-refractivity contribution in [1.82, 2.24) is 15.3 Å². The van der Waals surface area contributed by atoms with E-state index in [9.17, 15) is 29.4 Å². The van der Waals surface area contributed by atoms with Crippen molar-refractivity contribution in [2.75, 3.05) is 11.5 Å². The molecule has 3 aromatic carbocycles. The number of carbonyl (C=O) groups excluding carboxylic acids is 1. The number of rotatable bonds is 9. The lowest BCUT2D eigenvalue weighted by atomic mass is 10.0. The first-order chi connectivity index (χ1) is 19.6. The Morgan fingerprint density at radius 3 is 2.21 bits per heavy atom. The minimum absolute atomic E-state index is 0.0700. The standard InChI is InChI=1S/C25H19Cl2F2N5O6S2/c26-17-9-6-14(10-18(17)27)21-19(33-25(31)34-23(21)30)12-40-15-7-4-13(5-8-15)11-32-24(35)16-2-1-3-20(41(28,36)37)22(16)42(29,38)39/h1-10H,11-12H2,(H,32,35)(H4,30,31,33,34). The Labute approximate surface area is 248 Å². The van der Waals surface area contributed by atoms with Gasteiger partial charge >= 0.3 is 20.4 Å². The first kappa shape index (κ1) is 30.9. The lowest BCUT2D eigenvalue weighted by Crippen LogP contribution is -2.25. The van der Waals surface area contributed by atoms with Gasteiger partial charge in [0.25, 0.3) is 5.91 Å². The second-order valence-corrected chi connectivity index (χ2v) is 12.0. The molecule has 1 aromatic heterocycles. The molecule has 0 atom stereocenters. The highest BCUT2D eigenvalue weighted by Crippen LogP contribution is 2.34. The quantitative estimate of drug-likeness (QED) is 0.217. The van der Waals surface area contributed by atoms with Crippen LogP contribution in [0.25, 0.3) is 11.1 Å². The van der Waals surface area contributed by atoms with Crippen molar-refractivity contribution in [2.24, 2.45) is 0 Å². The smallest absolute Gasteiger partial charge is 0.334 e. The third-order valence-corrected chi connectivity index (χ3v) is 8.38. The molecule has 17 heteroatoms. The molecule has 4 aromatic rings. The van der Waals surface area contributed by atoms with Crippen LogP contribution in [0.4, 0.5) is 19.5 Å². The number of nitrogens with one attached hydrogen (secondary N) is 1. The van der Waals surface area contributed by atoms with Crippen molar-refractivity contribution in [3.63, 3.8) is 0 Å². The zero-order valence-electron chi connectivity index (χ0n) is 21.0. The molecule has 11 nitrogen and oxygen atoms in total. The number of anilines is 2. The third kappa shape index (κ3) is 7.05. The molecule has 0 saturated carbocycles. The van der Waals surface area contributed by atoms with E-state index in [2.05, 4.69) is 15.3 Å². The summed E-state index contributed by atoms with van der Waals surface area (Å²) in [4.78, 5) is 17.8. The van der Waals surface area contributed by atoms with E-state index in [4.69, 9.17) is 39.4 Å². The maximum atomic E-state index is 13.8. The lowest BCUT2D eigenvalue weighted by Gasteiger charge is -2.14. The highest BCUT2D eigenvalue weighted by atomic mass is 35.5. The average Bonchev–Trinajstić information content (AvgIpc) is 2.91. The van der Waals surface area contributed by atoms with Crippen molar-refractivity contribution in [2.45, 2.75) is 22.9 Å². The van der Waals surface area contributed by atoms with Crippen molar-refractivity contribution >= 4 is 61.3 Å². The van der Waals surface area contributed by atoms with Gasteiger partial charge in [-0.3, -0.25) is 4.79 Å². The Morgan fingerprint density at radius 2 is 1.60 bits per heavy atom. The number of benzene rings is 3. The van der Waals surface area contributed by atoms with E-state index in [1.807, 2.05) is 0 Å². The number of amides is 1. The predicted molar refractivity (Wildman–Crippen MR) is 151 cm³/mol. The highest BCUT2D eigenvalue weighted by molar-refractivity contribution is 7.89. The summed E-state index contributed by atoms with van der Waals surface area (Å²) in [6, 6.07) is 13.4. The second-order valence-electron chi connectivity index (χ2n) is 8.54. The molecule has 220 valence electrons. The molecule has 0 fully saturated rings. The Morgan fingerprint density at radius 1 is 0.905 bits per heavy atom. The Bertz CT molecular complexity index is 1910. The summed E-state index contributed by atoms with van der Waals surface area (Å²) in [5.74, 6) is -0.735. The summed E-state index contributed by atoms with van der Waals surface area (Å²) in [7, 11) is -11.4. The molecule has 0 aliphatic carbocycles. The van der Waals surface area contributed by atoms with Gasteiger partial charge in [-0.05, 0) is 47.5 Å². The molecule has 0 aliphatic rings.